The average molecular weight is 866 g/mol. The van der Waals surface area contributed by atoms with Crippen molar-refractivity contribution in [2.24, 2.45) is 0 Å². The molecule has 264 valence electrons. The molecule has 3 aliphatic rings. The van der Waals surface area contributed by atoms with E-state index in [-0.39, 0.29) is 21.1 Å². The van der Waals surface area contributed by atoms with E-state index >= 15 is 0 Å². The van der Waals surface area contributed by atoms with Crippen molar-refractivity contribution in [3.05, 3.63) is 177 Å². The maximum atomic E-state index is 6.51. The maximum Gasteiger partial charge on any atom is 4.00 e. The van der Waals surface area contributed by atoms with E-state index in [0.717, 1.165) is 34.4 Å². The van der Waals surface area contributed by atoms with Gasteiger partial charge in [-0.25, -0.2) is 0 Å². The van der Waals surface area contributed by atoms with Crippen molar-refractivity contribution >= 4 is 28.4 Å². The van der Waals surface area contributed by atoms with Gasteiger partial charge in [0.2, 0.25) is 0 Å². The van der Waals surface area contributed by atoms with Gasteiger partial charge in [0.15, 0.2) is 0 Å². The summed E-state index contributed by atoms with van der Waals surface area (Å²) in [6.45, 7) is 4.18. The Morgan fingerprint density at radius 2 is 1.02 bits per heavy atom. The van der Waals surface area contributed by atoms with E-state index in [1.54, 1.807) is 0 Å². The predicted octanol–water partition coefficient (Wildman–Crippen LogP) is 10.1. The first-order chi connectivity index (χ1) is 25.1. The SMILES string of the molecule is CN1C=C(N(c2ccccc2)c2ccccc2)N(c2[c-]c(Oc3[c-]c(N4[CH-]N(C)C=C4N(c4ccccc4)C4CCCCC4)ccc3)ccc2)[CH-]1.[Pt+4]. The summed E-state index contributed by atoms with van der Waals surface area (Å²) in [4.78, 5) is 13.3. The monoisotopic (exact) mass is 865 g/mol. The molecule has 1 fully saturated rings. The van der Waals surface area contributed by atoms with Crippen LogP contribution in [0.15, 0.2) is 151 Å². The van der Waals surface area contributed by atoms with E-state index < -0.39 is 0 Å². The summed E-state index contributed by atoms with van der Waals surface area (Å²) in [5, 5.41) is 0. The molecule has 2 aliphatic heterocycles. The standard InChI is InChI=1S/C44H42N6O.Pt/c1-45-31-43(49(35-17-7-3-8-18-35)36-19-9-4-10-20-36)47(33-45)39-25-15-27-41(29-39)51-42-28-16-26-40(30-42)48-34-46(2)32-44(48)50(37-21-11-5-12-22-37)38-23-13-6-14-24-38;/h3-5,7-12,15-22,25-28,31-34,38H,6,13-14,23-24H2,1-2H3;/q-4;+4. The van der Waals surface area contributed by atoms with Crippen molar-refractivity contribution in [3.8, 4) is 11.5 Å². The molecule has 0 bridgehead atoms. The zero-order valence-corrected chi connectivity index (χ0v) is 31.7. The summed E-state index contributed by atoms with van der Waals surface area (Å²) in [5.74, 6) is 3.33. The van der Waals surface area contributed by atoms with Gasteiger partial charge in [-0.15, -0.1) is 36.4 Å². The van der Waals surface area contributed by atoms with Crippen LogP contribution in [-0.2, 0) is 21.1 Å². The Hall–Kier alpha value is -5.13. The van der Waals surface area contributed by atoms with Gasteiger partial charge in [-0.2, -0.15) is 25.5 Å². The summed E-state index contributed by atoms with van der Waals surface area (Å²) >= 11 is 0. The number of para-hydroxylation sites is 3. The van der Waals surface area contributed by atoms with Gasteiger partial charge in [0, 0.05) is 47.0 Å². The summed E-state index contributed by atoms with van der Waals surface area (Å²) in [6, 6.07) is 51.3. The molecule has 7 nitrogen and oxygen atoms in total. The molecule has 5 aromatic rings. The predicted molar refractivity (Wildman–Crippen MR) is 207 cm³/mol. The minimum absolute atomic E-state index is 0. The van der Waals surface area contributed by atoms with Crippen LogP contribution < -0.4 is 24.3 Å². The molecule has 8 heteroatoms. The second-order valence-corrected chi connectivity index (χ2v) is 13.2. The largest absolute Gasteiger partial charge is 4.00 e. The van der Waals surface area contributed by atoms with Crippen LogP contribution in [0.2, 0.25) is 0 Å². The Morgan fingerprint density at radius 3 is 1.54 bits per heavy atom. The molecule has 0 radical (unpaired) electrons. The van der Waals surface area contributed by atoms with Gasteiger partial charge < -0.3 is 29.2 Å². The molecular formula is C44H42N6OPt. The average Bonchev–Trinajstić information content (AvgIpc) is 3.75. The summed E-state index contributed by atoms with van der Waals surface area (Å²) in [6.07, 6.45) is 10.5. The number of nitrogens with zero attached hydrogens (tertiary/aromatic N) is 6. The summed E-state index contributed by atoms with van der Waals surface area (Å²) in [7, 11) is 4.12. The first kappa shape index (κ1) is 35.3. The molecule has 8 rings (SSSR count). The topological polar surface area (TPSA) is 28.7 Å². The third-order valence-electron chi connectivity index (χ3n) is 9.45. The van der Waals surface area contributed by atoms with Gasteiger partial charge in [0.05, 0.1) is 5.82 Å². The minimum Gasteiger partial charge on any atom is -0.509 e. The molecule has 0 unspecified atom stereocenters. The smallest absolute Gasteiger partial charge is 0.509 e. The van der Waals surface area contributed by atoms with Gasteiger partial charge in [0.25, 0.3) is 0 Å². The van der Waals surface area contributed by atoms with Gasteiger partial charge in [0.1, 0.15) is 5.82 Å². The van der Waals surface area contributed by atoms with Gasteiger partial charge >= 0.3 is 21.1 Å². The fourth-order valence-electron chi connectivity index (χ4n) is 7.17. The van der Waals surface area contributed by atoms with Crippen molar-refractivity contribution < 1.29 is 25.8 Å². The van der Waals surface area contributed by atoms with Crippen molar-refractivity contribution in [2.75, 3.05) is 33.7 Å². The Kier molecular flexibility index (Phi) is 10.9. The summed E-state index contributed by atoms with van der Waals surface area (Å²) < 4.78 is 6.51. The van der Waals surface area contributed by atoms with Crippen LogP contribution in [0.5, 0.6) is 11.5 Å². The first-order valence-corrected chi connectivity index (χ1v) is 17.7. The number of anilines is 5. The zero-order chi connectivity index (χ0) is 34.6. The number of rotatable bonds is 10. The van der Waals surface area contributed by atoms with E-state index in [4.69, 9.17) is 4.74 Å². The molecule has 2 heterocycles. The molecule has 0 saturated heterocycles. The fourth-order valence-corrected chi connectivity index (χ4v) is 7.17. The van der Waals surface area contributed by atoms with Gasteiger partial charge in [-0.3, -0.25) is 4.90 Å². The van der Waals surface area contributed by atoms with Crippen LogP contribution in [-0.4, -0.2) is 29.9 Å². The third kappa shape index (κ3) is 7.56. The van der Waals surface area contributed by atoms with E-state index in [2.05, 4.69) is 165 Å². The quantitative estimate of drug-likeness (QED) is 0.129. The second-order valence-electron chi connectivity index (χ2n) is 13.2. The number of hydrogen-bond acceptors (Lipinski definition) is 7. The number of benzene rings is 5. The molecule has 0 amide bonds. The van der Waals surface area contributed by atoms with E-state index in [0.29, 0.717) is 17.5 Å². The van der Waals surface area contributed by atoms with Crippen molar-refractivity contribution in [3.63, 3.8) is 0 Å². The van der Waals surface area contributed by atoms with E-state index in [1.165, 1.54) is 37.8 Å². The molecular weight excluding hydrogens is 824 g/mol. The molecule has 52 heavy (non-hydrogen) atoms. The van der Waals surface area contributed by atoms with Crippen molar-refractivity contribution in [1.29, 1.82) is 0 Å². The third-order valence-corrected chi connectivity index (χ3v) is 9.45. The van der Waals surface area contributed by atoms with Crippen molar-refractivity contribution in [1.82, 2.24) is 9.80 Å². The van der Waals surface area contributed by atoms with Gasteiger partial charge in [-0.1, -0.05) is 85.2 Å². The van der Waals surface area contributed by atoms with Crippen LogP contribution in [0.4, 0.5) is 28.4 Å². The molecule has 0 spiro atoms. The fraction of sp³-hybridized carbons (Fsp3) is 0.182. The van der Waals surface area contributed by atoms with Gasteiger partial charge in [-0.05, 0) is 63.3 Å². The molecule has 0 N–H and O–H groups in total. The summed E-state index contributed by atoms with van der Waals surface area (Å²) in [5.41, 5.74) is 5.11. The van der Waals surface area contributed by atoms with E-state index in [9.17, 15) is 0 Å². The first-order valence-electron chi connectivity index (χ1n) is 17.7. The Balaban J connectivity index is 0.00000420. The van der Waals surface area contributed by atoms with Crippen LogP contribution in [0.1, 0.15) is 32.1 Å². The molecule has 1 aliphatic carbocycles. The van der Waals surface area contributed by atoms with Crippen LogP contribution in [0.3, 0.4) is 0 Å². The molecule has 5 aromatic carbocycles. The number of ether oxygens (including phenoxy) is 1. The minimum atomic E-state index is 0. The second kappa shape index (κ2) is 16.0. The van der Waals surface area contributed by atoms with Crippen LogP contribution in [0.25, 0.3) is 0 Å². The Bertz CT molecular complexity index is 1940. The number of hydrogen-bond donors (Lipinski definition) is 0. The molecule has 1 saturated carbocycles. The molecule has 0 aromatic heterocycles. The van der Waals surface area contributed by atoms with Crippen molar-refractivity contribution in [2.45, 2.75) is 38.1 Å². The van der Waals surface area contributed by atoms with E-state index in [1.807, 2.05) is 43.4 Å². The van der Waals surface area contributed by atoms with Crippen LogP contribution in [0, 0.1) is 25.5 Å². The Labute approximate surface area is 322 Å². The Morgan fingerprint density at radius 1 is 0.558 bits per heavy atom. The normalized spacial score (nSPS) is 16.0. The van der Waals surface area contributed by atoms with Crippen LogP contribution >= 0.6 is 0 Å². The molecule has 0 atom stereocenters. The zero-order valence-electron chi connectivity index (χ0n) is 29.5. The maximum absolute atomic E-state index is 6.51.